The summed E-state index contributed by atoms with van der Waals surface area (Å²) in [7, 11) is 0. The average molecular weight is 320 g/mol. The van der Waals surface area contributed by atoms with Crippen LogP contribution in [0.15, 0.2) is 18.6 Å². The molecule has 1 aliphatic carbocycles. The molecule has 1 aromatic heterocycles. The van der Waals surface area contributed by atoms with Crippen molar-refractivity contribution in [1.29, 1.82) is 0 Å². The predicted molar refractivity (Wildman–Crippen MR) is 84.8 cm³/mol. The minimum Gasteiger partial charge on any atom is -0.393 e. The van der Waals surface area contributed by atoms with E-state index >= 15 is 0 Å². The van der Waals surface area contributed by atoms with Crippen LogP contribution in [0.1, 0.15) is 32.1 Å². The Morgan fingerprint density at radius 1 is 1.22 bits per heavy atom. The fraction of sp³-hybridized carbons (Fsp3) is 0.688. The first-order chi connectivity index (χ1) is 11.2. The van der Waals surface area contributed by atoms with Crippen molar-refractivity contribution in [3.8, 4) is 0 Å². The fourth-order valence-corrected chi connectivity index (χ4v) is 3.26. The highest BCUT2D eigenvalue weighted by atomic mass is 16.5. The van der Waals surface area contributed by atoms with Gasteiger partial charge in [-0.1, -0.05) is 0 Å². The van der Waals surface area contributed by atoms with Crippen molar-refractivity contribution in [1.82, 2.24) is 15.3 Å². The van der Waals surface area contributed by atoms with E-state index < -0.39 is 0 Å². The van der Waals surface area contributed by atoms with Crippen molar-refractivity contribution < 1.29 is 14.6 Å². The molecule has 1 amide bonds. The molecule has 0 bridgehead atoms. The van der Waals surface area contributed by atoms with Crippen molar-refractivity contribution in [2.75, 3.05) is 18.5 Å². The number of anilines is 1. The number of hydrogen-bond acceptors (Lipinski definition) is 6. The van der Waals surface area contributed by atoms with E-state index in [9.17, 15) is 9.90 Å². The molecule has 7 nitrogen and oxygen atoms in total. The van der Waals surface area contributed by atoms with Gasteiger partial charge >= 0.3 is 0 Å². The molecule has 126 valence electrons. The Bertz CT molecular complexity index is 505. The van der Waals surface area contributed by atoms with Crippen LogP contribution in [0.3, 0.4) is 0 Å². The van der Waals surface area contributed by atoms with Gasteiger partial charge in [-0.25, -0.2) is 9.97 Å². The number of hydrogen-bond donors (Lipinski definition) is 3. The number of nitrogens with zero attached hydrogens (tertiary/aromatic N) is 2. The number of ether oxygens (including phenoxy) is 1. The number of amides is 1. The molecular formula is C16H24N4O3. The summed E-state index contributed by atoms with van der Waals surface area (Å²) in [6, 6.07) is 1.82. The van der Waals surface area contributed by atoms with Gasteiger partial charge in [-0.3, -0.25) is 4.79 Å². The van der Waals surface area contributed by atoms with Crippen LogP contribution in [0.25, 0.3) is 0 Å². The van der Waals surface area contributed by atoms with Crippen LogP contribution in [-0.2, 0) is 9.53 Å². The van der Waals surface area contributed by atoms with Gasteiger partial charge in [-0.15, -0.1) is 0 Å². The molecule has 2 heterocycles. The summed E-state index contributed by atoms with van der Waals surface area (Å²) in [5.74, 6) is 0.842. The van der Waals surface area contributed by atoms with Crippen LogP contribution in [0.4, 0.5) is 5.82 Å². The summed E-state index contributed by atoms with van der Waals surface area (Å²) in [5.41, 5.74) is 0. The first kappa shape index (κ1) is 16.1. The standard InChI is InChI=1S/C16H24N4O3/c21-12-3-1-11(2-4-12)16(22)20-13-6-8-23-9-14(13)19-15-5-7-17-10-18-15/h5,7,10-14,21H,1-4,6,8-9H2,(H,20,22)(H,17,18,19)/t11?,12?,13-,14+/m0/s1. The average Bonchev–Trinajstić information content (AvgIpc) is 2.58. The van der Waals surface area contributed by atoms with Crippen LogP contribution < -0.4 is 10.6 Å². The van der Waals surface area contributed by atoms with Gasteiger partial charge in [0.15, 0.2) is 0 Å². The lowest BCUT2D eigenvalue weighted by atomic mass is 9.86. The SMILES string of the molecule is O=C(N[C@H]1CCOC[C@H]1Nc1ccncn1)C1CCC(O)CC1. The third-order valence-corrected chi connectivity index (χ3v) is 4.67. The monoisotopic (exact) mass is 320 g/mol. The van der Waals surface area contributed by atoms with E-state index in [-0.39, 0.29) is 30.0 Å². The van der Waals surface area contributed by atoms with Crippen LogP contribution in [0.5, 0.6) is 0 Å². The Kier molecular flexibility index (Phi) is 5.40. The summed E-state index contributed by atoms with van der Waals surface area (Å²) in [5, 5.41) is 16.0. The minimum absolute atomic E-state index is 0.00298. The van der Waals surface area contributed by atoms with Crippen molar-refractivity contribution in [2.24, 2.45) is 5.92 Å². The topological polar surface area (TPSA) is 96.4 Å². The Morgan fingerprint density at radius 3 is 2.78 bits per heavy atom. The van der Waals surface area contributed by atoms with E-state index in [1.165, 1.54) is 6.33 Å². The highest BCUT2D eigenvalue weighted by Gasteiger charge is 2.31. The molecule has 7 heteroatoms. The van der Waals surface area contributed by atoms with Gasteiger partial charge in [0.2, 0.25) is 5.91 Å². The fourth-order valence-electron chi connectivity index (χ4n) is 3.26. The lowest BCUT2D eigenvalue weighted by Crippen LogP contribution is -2.53. The first-order valence-corrected chi connectivity index (χ1v) is 8.31. The molecule has 3 rings (SSSR count). The van der Waals surface area contributed by atoms with Crippen molar-refractivity contribution in [3.05, 3.63) is 18.6 Å². The molecule has 2 fully saturated rings. The Morgan fingerprint density at radius 2 is 2.04 bits per heavy atom. The Labute approximate surface area is 135 Å². The summed E-state index contributed by atoms with van der Waals surface area (Å²) < 4.78 is 5.54. The summed E-state index contributed by atoms with van der Waals surface area (Å²) in [4.78, 5) is 20.6. The van der Waals surface area contributed by atoms with E-state index in [4.69, 9.17) is 4.74 Å². The largest absolute Gasteiger partial charge is 0.393 e. The highest BCUT2D eigenvalue weighted by Crippen LogP contribution is 2.25. The summed E-state index contributed by atoms with van der Waals surface area (Å²) >= 11 is 0. The van der Waals surface area contributed by atoms with E-state index in [2.05, 4.69) is 20.6 Å². The zero-order valence-electron chi connectivity index (χ0n) is 13.1. The van der Waals surface area contributed by atoms with E-state index in [0.717, 1.165) is 25.1 Å². The molecular weight excluding hydrogens is 296 g/mol. The second-order valence-electron chi connectivity index (χ2n) is 6.33. The maximum Gasteiger partial charge on any atom is 0.223 e. The van der Waals surface area contributed by atoms with Crippen LogP contribution in [0, 0.1) is 5.92 Å². The van der Waals surface area contributed by atoms with Crippen LogP contribution >= 0.6 is 0 Å². The van der Waals surface area contributed by atoms with Crippen molar-refractivity contribution in [2.45, 2.75) is 50.3 Å². The number of carbonyl (C=O) groups is 1. The zero-order chi connectivity index (χ0) is 16.1. The second-order valence-corrected chi connectivity index (χ2v) is 6.33. The van der Waals surface area contributed by atoms with Crippen molar-refractivity contribution >= 4 is 11.7 Å². The van der Waals surface area contributed by atoms with Gasteiger partial charge in [0.25, 0.3) is 0 Å². The van der Waals surface area contributed by atoms with Gasteiger partial charge in [-0.2, -0.15) is 0 Å². The molecule has 2 aliphatic rings. The van der Waals surface area contributed by atoms with E-state index in [0.29, 0.717) is 26.1 Å². The molecule has 23 heavy (non-hydrogen) atoms. The normalized spacial score (nSPS) is 31.3. The van der Waals surface area contributed by atoms with Gasteiger partial charge in [0.05, 0.1) is 24.8 Å². The molecule has 0 spiro atoms. The molecule has 3 N–H and O–H groups in total. The predicted octanol–water partition coefficient (Wildman–Crippen LogP) is 0.713. The maximum absolute atomic E-state index is 12.5. The number of aliphatic hydroxyl groups excluding tert-OH is 1. The quantitative estimate of drug-likeness (QED) is 0.756. The smallest absolute Gasteiger partial charge is 0.223 e. The molecule has 1 aromatic rings. The van der Waals surface area contributed by atoms with E-state index in [1.807, 2.05) is 0 Å². The van der Waals surface area contributed by atoms with E-state index in [1.54, 1.807) is 12.3 Å². The molecule has 1 saturated heterocycles. The number of carbonyl (C=O) groups excluding carboxylic acids is 1. The molecule has 1 saturated carbocycles. The number of nitrogens with one attached hydrogen (secondary N) is 2. The maximum atomic E-state index is 12.5. The lowest BCUT2D eigenvalue weighted by Gasteiger charge is -2.34. The first-order valence-electron chi connectivity index (χ1n) is 8.31. The number of rotatable bonds is 4. The third kappa shape index (κ3) is 4.39. The molecule has 0 radical (unpaired) electrons. The number of aromatic nitrogens is 2. The highest BCUT2D eigenvalue weighted by molar-refractivity contribution is 5.79. The van der Waals surface area contributed by atoms with Crippen LogP contribution in [-0.4, -0.2) is 52.4 Å². The molecule has 0 aromatic carbocycles. The van der Waals surface area contributed by atoms with Gasteiger partial charge in [-0.05, 0) is 38.2 Å². The number of aliphatic hydroxyl groups is 1. The van der Waals surface area contributed by atoms with Gasteiger partial charge in [0, 0.05) is 18.7 Å². The summed E-state index contributed by atoms with van der Waals surface area (Å²) in [6.45, 7) is 1.19. The van der Waals surface area contributed by atoms with Crippen molar-refractivity contribution in [3.63, 3.8) is 0 Å². The lowest BCUT2D eigenvalue weighted by molar-refractivity contribution is -0.128. The Balaban J connectivity index is 1.57. The molecule has 1 aliphatic heterocycles. The summed E-state index contributed by atoms with van der Waals surface area (Å²) in [6.07, 6.45) is 6.68. The Hall–Kier alpha value is -1.73. The van der Waals surface area contributed by atoms with Crippen LogP contribution in [0.2, 0.25) is 0 Å². The minimum atomic E-state index is -0.241. The second kappa shape index (κ2) is 7.70. The third-order valence-electron chi connectivity index (χ3n) is 4.67. The molecule has 0 unspecified atom stereocenters. The van der Waals surface area contributed by atoms with Gasteiger partial charge < -0.3 is 20.5 Å². The van der Waals surface area contributed by atoms with Gasteiger partial charge in [0.1, 0.15) is 12.1 Å². The zero-order valence-corrected chi connectivity index (χ0v) is 13.1. The molecule has 2 atom stereocenters.